The number of aliphatic hydroxyl groups excluding tert-OH is 1. The van der Waals surface area contributed by atoms with E-state index in [4.69, 9.17) is 19.9 Å². The molecule has 7 amide bonds. The number of unbranched alkanes of at least 4 members (excludes halogenated alkanes) is 1. The molecule has 6 rings (SSSR count). The summed E-state index contributed by atoms with van der Waals surface area (Å²) in [4.78, 5) is 109. The van der Waals surface area contributed by atoms with Crippen LogP contribution in [0, 0.1) is 44.4 Å². The largest absolute Gasteiger partial charge is 0.460 e. The van der Waals surface area contributed by atoms with Gasteiger partial charge in [0.2, 0.25) is 35.5 Å². The van der Waals surface area contributed by atoms with Crippen LogP contribution < -0.4 is 47.7 Å². The van der Waals surface area contributed by atoms with Crippen LogP contribution in [0.1, 0.15) is 114 Å². The molecule has 4 atom stereocenters. The van der Waals surface area contributed by atoms with Gasteiger partial charge < -0.3 is 62.3 Å². The molecule has 2 aromatic rings. The molecule has 0 radical (unpaired) electrons. The lowest BCUT2D eigenvalue weighted by atomic mass is 9.55. The summed E-state index contributed by atoms with van der Waals surface area (Å²) in [6, 6.07) is 7.96. The Kier molecular flexibility index (Phi) is 23.3. The molecule has 0 aromatic heterocycles. The van der Waals surface area contributed by atoms with Crippen molar-refractivity contribution < 1.29 is 66.1 Å². The SMILES string of the molecule is Cc1cc(C)c(S(=O)(=O)NC(N)=NCCC[C@H](NC(=O)CNC(=O)[C@@H](NC(=O)[C@H](CCCCNC(=O)OC2C3CC4CC(C3)CC2C4)NC(=O)CNC(=O)OC(C)(C)C)[C@@H](C)O)C(=O)NCC(=O)OCc2ccccc2)c(C)c1. The van der Waals surface area contributed by atoms with Gasteiger partial charge in [0.1, 0.15) is 49.5 Å². The standard InChI is InChI=1S/C54H80N10O14S/c1-31-20-32(2)47(33(3)21-31)79(74,75)64-51(55)56-19-13-17-40(48(69)59-29-44(68)76-30-35-14-9-8-10-15-35)61-42(66)27-58-50(71)45(34(4)65)63-49(70)41(62-43(67)28-60-53(73)78-54(5,6)7)16-11-12-18-57-52(72)77-46-38-23-36-22-37(25-38)26-39(46)24-36/h8-10,14-15,20-21,34,36-41,45-46,65H,11-13,16-19,22-30H2,1-7H3,(H,57,72)(H,58,71)(H,59,69)(H,60,73)(H,61,66)(H,62,67)(H,63,70)(H3,55,56,64)/t34-,36?,37?,38?,39?,40+,41+,45+,46?/m1/s1. The summed E-state index contributed by atoms with van der Waals surface area (Å²) in [7, 11) is -4.12. The van der Waals surface area contributed by atoms with Gasteiger partial charge in [0.25, 0.3) is 10.0 Å². The fourth-order valence-electron chi connectivity index (χ4n) is 10.7. The van der Waals surface area contributed by atoms with Crippen molar-refractivity contribution in [2.45, 2.75) is 160 Å². The van der Waals surface area contributed by atoms with Crippen LogP contribution in [0.15, 0.2) is 52.4 Å². The van der Waals surface area contributed by atoms with Crippen LogP contribution in [0.4, 0.5) is 9.59 Å². The van der Waals surface area contributed by atoms with Gasteiger partial charge in [0.15, 0.2) is 0 Å². The number of esters is 1. The molecule has 4 aliphatic carbocycles. The van der Waals surface area contributed by atoms with Gasteiger partial charge in [-0.15, -0.1) is 0 Å². The fraction of sp³-hybridized carbons (Fsp3) is 0.611. The highest BCUT2D eigenvalue weighted by Gasteiger charge is 2.50. The van der Waals surface area contributed by atoms with Crippen LogP contribution in [0.2, 0.25) is 0 Å². The summed E-state index contributed by atoms with van der Waals surface area (Å²) in [6.45, 7) is 9.43. The number of nitrogens with two attached hydrogens (primary N) is 1. The molecule has 4 saturated carbocycles. The highest BCUT2D eigenvalue weighted by molar-refractivity contribution is 7.90. The number of aliphatic hydroxyl groups is 1. The molecule has 24 nitrogen and oxygen atoms in total. The molecular formula is C54H80N10O14S. The number of nitrogens with zero attached hydrogens (tertiary/aromatic N) is 1. The number of rotatable bonds is 27. The number of sulfonamides is 1. The number of carbonyl (C=O) groups is 8. The Labute approximate surface area is 462 Å². The number of aryl methyl sites for hydroxylation is 3. The zero-order chi connectivity index (χ0) is 58.0. The predicted octanol–water partition coefficient (Wildman–Crippen LogP) is 2.04. The molecule has 2 aromatic carbocycles. The van der Waals surface area contributed by atoms with E-state index in [1.54, 1.807) is 77.1 Å². The Hall–Kier alpha value is -7.02. The monoisotopic (exact) mass is 1120 g/mol. The van der Waals surface area contributed by atoms with Crippen molar-refractivity contribution in [2.24, 2.45) is 34.4 Å². The lowest BCUT2D eigenvalue weighted by Crippen LogP contribution is -2.58. The van der Waals surface area contributed by atoms with E-state index in [1.807, 2.05) is 6.92 Å². The van der Waals surface area contributed by atoms with Crippen molar-refractivity contribution in [2.75, 3.05) is 32.7 Å². The van der Waals surface area contributed by atoms with E-state index >= 15 is 0 Å². The van der Waals surface area contributed by atoms with Crippen LogP contribution in [0.5, 0.6) is 0 Å². The topological polar surface area (TPSA) is 353 Å². The van der Waals surface area contributed by atoms with Gasteiger partial charge >= 0.3 is 18.2 Å². The normalized spacial score (nSPS) is 20.0. The zero-order valence-corrected chi connectivity index (χ0v) is 47.1. The minimum atomic E-state index is -4.12. The van der Waals surface area contributed by atoms with Crippen LogP contribution in [-0.2, 0) is 59.6 Å². The first-order chi connectivity index (χ1) is 37.3. The summed E-state index contributed by atoms with van der Waals surface area (Å²) in [6.07, 6.45) is 3.20. The highest BCUT2D eigenvalue weighted by atomic mass is 32.2. The first-order valence-corrected chi connectivity index (χ1v) is 28.4. The van der Waals surface area contributed by atoms with E-state index in [0.717, 1.165) is 43.1 Å². The Morgan fingerprint density at radius 3 is 1.89 bits per heavy atom. The van der Waals surface area contributed by atoms with Crippen molar-refractivity contribution in [3.05, 3.63) is 64.7 Å². The van der Waals surface area contributed by atoms with Crippen LogP contribution >= 0.6 is 0 Å². The molecule has 79 heavy (non-hydrogen) atoms. The van der Waals surface area contributed by atoms with Gasteiger partial charge in [-0.2, -0.15) is 0 Å². The molecule has 4 bridgehead atoms. The molecule has 25 heteroatoms. The number of guanidine groups is 1. The number of carbonyl (C=O) groups excluding carboxylic acids is 8. The number of ether oxygens (including phenoxy) is 3. The number of aliphatic imine (C=N–C) groups is 1. The molecule has 0 unspecified atom stereocenters. The number of benzene rings is 2. The van der Waals surface area contributed by atoms with Gasteiger partial charge in [0, 0.05) is 13.1 Å². The molecule has 0 spiro atoms. The first kappa shape index (κ1) is 62.8. The van der Waals surface area contributed by atoms with E-state index in [-0.39, 0.29) is 56.4 Å². The Balaban J connectivity index is 1.16. The smallest absolute Gasteiger partial charge is 0.408 e. The number of amides is 7. The second-order valence-corrected chi connectivity index (χ2v) is 23.5. The maximum absolute atomic E-state index is 13.8. The van der Waals surface area contributed by atoms with E-state index in [2.05, 4.69) is 46.9 Å². The minimum absolute atomic E-state index is 0.00137. The van der Waals surface area contributed by atoms with Crippen molar-refractivity contribution >= 4 is 63.7 Å². The highest BCUT2D eigenvalue weighted by Crippen LogP contribution is 2.54. The van der Waals surface area contributed by atoms with Crippen LogP contribution in [-0.4, -0.2) is 136 Å². The third kappa shape index (κ3) is 20.6. The van der Waals surface area contributed by atoms with Gasteiger partial charge in [-0.05, 0) is 153 Å². The van der Waals surface area contributed by atoms with Gasteiger partial charge in [-0.1, -0.05) is 48.0 Å². The molecule has 436 valence electrons. The Bertz CT molecular complexity index is 2580. The van der Waals surface area contributed by atoms with Crippen molar-refractivity contribution in [3.63, 3.8) is 0 Å². The average Bonchev–Trinajstić information content (AvgIpc) is 3.51. The minimum Gasteiger partial charge on any atom is -0.460 e. The Morgan fingerprint density at radius 1 is 0.722 bits per heavy atom. The lowest BCUT2D eigenvalue weighted by molar-refractivity contribution is -0.145. The lowest BCUT2D eigenvalue weighted by Gasteiger charge is -2.53. The number of alkyl carbamates (subject to hydrolysis) is 2. The molecule has 0 heterocycles. The first-order valence-electron chi connectivity index (χ1n) is 26.9. The summed E-state index contributed by atoms with van der Waals surface area (Å²) in [5.74, 6) is -3.37. The summed E-state index contributed by atoms with van der Waals surface area (Å²) >= 11 is 0. The Morgan fingerprint density at radius 2 is 1.29 bits per heavy atom. The second-order valence-electron chi connectivity index (χ2n) is 21.9. The van der Waals surface area contributed by atoms with E-state index < -0.39 is 113 Å². The fourth-order valence-corrected chi connectivity index (χ4v) is 12.1. The summed E-state index contributed by atoms with van der Waals surface area (Å²) < 4.78 is 45.0. The molecule has 4 aliphatic rings. The molecule has 0 aliphatic heterocycles. The quantitative estimate of drug-likeness (QED) is 0.0201. The van der Waals surface area contributed by atoms with Crippen molar-refractivity contribution in [3.8, 4) is 0 Å². The predicted molar refractivity (Wildman–Crippen MR) is 290 cm³/mol. The zero-order valence-electron chi connectivity index (χ0n) is 46.2. The average molecular weight is 1130 g/mol. The van der Waals surface area contributed by atoms with Gasteiger partial charge in [-0.3, -0.25) is 33.8 Å². The molecule has 0 saturated heterocycles. The third-order valence-corrected chi connectivity index (χ3v) is 15.5. The number of hydrogen-bond donors (Lipinski definition) is 10. The second kappa shape index (κ2) is 29.3. The van der Waals surface area contributed by atoms with Crippen LogP contribution in [0.25, 0.3) is 0 Å². The molecule has 11 N–H and O–H groups in total. The van der Waals surface area contributed by atoms with E-state index in [1.165, 1.54) is 13.3 Å². The summed E-state index contributed by atoms with van der Waals surface area (Å²) in [5, 5.41) is 28.0. The number of nitrogens with one attached hydrogen (secondary N) is 8. The van der Waals surface area contributed by atoms with Crippen molar-refractivity contribution in [1.29, 1.82) is 0 Å². The van der Waals surface area contributed by atoms with Gasteiger partial charge in [-0.25, -0.2) is 22.7 Å². The third-order valence-electron chi connectivity index (χ3n) is 13.8. The molecular weight excluding hydrogens is 1040 g/mol. The van der Waals surface area contributed by atoms with Crippen molar-refractivity contribution in [1.82, 2.24) is 41.9 Å². The van der Waals surface area contributed by atoms with Gasteiger partial charge in [0.05, 0.1) is 17.5 Å². The van der Waals surface area contributed by atoms with E-state index in [0.29, 0.717) is 34.9 Å². The maximum atomic E-state index is 13.8. The van der Waals surface area contributed by atoms with E-state index in [9.17, 15) is 51.9 Å². The number of hydrogen-bond acceptors (Lipinski definition) is 15. The maximum Gasteiger partial charge on any atom is 0.408 e. The summed E-state index contributed by atoms with van der Waals surface area (Å²) in [5.41, 5.74) is 7.71. The molecule has 4 fully saturated rings. The van der Waals surface area contributed by atoms with Crippen LogP contribution in [0.3, 0.4) is 0 Å².